The van der Waals surface area contributed by atoms with E-state index < -0.39 is 65.8 Å². The number of Topliss-reactive ketones (excluding diaryl/α,β-unsaturated/α-hetero) is 1. The molecule has 5 atom stereocenters. The molecule has 15 heteroatoms. The van der Waals surface area contributed by atoms with Crippen LogP contribution in [0.4, 0.5) is 0 Å². The van der Waals surface area contributed by atoms with E-state index in [0.717, 1.165) is 11.1 Å². The standard InChI is InChI=1S/C45H62IN5O9/c1-7-22-59-29-40(53)60-45(6,30-46)41(54)36(25-31(2)3)48-44(57)38(27-34-16-12-9-13-17-34)50-43(56)37(26-32(4)5)49-42(55)35(19-18-33-14-10-8-11-15-33)47-39(52)28-51-20-23-58-24-21-51/h1,8-17,31-32,35-38H,18-30H2,2-6H3,(H,47,52)(H,48,57)(H,49,55)(H,50,56)/t35-,36-,37-,38-,45+/m0/s1. The summed E-state index contributed by atoms with van der Waals surface area (Å²) in [5.41, 5.74) is 0.129. The first-order chi connectivity index (χ1) is 28.6. The smallest absolute Gasteiger partial charge is 0.333 e. The van der Waals surface area contributed by atoms with Gasteiger partial charge in [0.2, 0.25) is 23.6 Å². The first-order valence-electron chi connectivity index (χ1n) is 20.6. The minimum absolute atomic E-state index is 0.0418. The van der Waals surface area contributed by atoms with Crippen molar-refractivity contribution >= 4 is 58.0 Å². The van der Waals surface area contributed by atoms with Gasteiger partial charge in [-0.15, -0.1) is 6.42 Å². The molecular weight excluding hydrogens is 881 g/mol. The molecule has 4 N–H and O–H groups in total. The highest BCUT2D eigenvalue weighted by Crippen LogP contribution is 2.22. The molecule has 328 valence electrons. The molecule has 0 unspecified atom stereocenters. The molecule has 1 heterocycles. The van der Waals surface area contributed by atoms with E-state index >= 15 is 0 Å². The van der Waals surface area contributed by atoms with Crippen LogP contribution < -0.4 is 21.3 Å². The number of morpholine rings is 1. The number of hydrogen-bond acceptors (Lipinski definition) is 10. The van der Waals surface area contributed by atoms with Crippen molar-refractivity contribution in [3.05, 3.63) is 71.8 Å². The summed E-state index contributed by atoms with van der Waals surface area (Å²) in [6.07, 6.45) is 6.54. The quantitative estimate of drug-likeness (QED) is 0.0380. The highest BCUT2D eigenvalue weighted by Gasteiger charge is 2.42. The molecule has 0 radical (unpaired) electrons. The lowest BCUT2D eigenvalue weighted by Crippen LogP contribution is -2.60. The molecule has 2 aromatic rings. The molecule has 1 aliphatic rings. The van der Waals surface area contributed by atoms with E-state index in [1.807, 2.05) is 116 Å². The number of amides is 4. The summed E-state index contributed by atoms with van der Waals surface area (Å²) in [5, 5.41) is 11.5. The van der Waals surface area contributed by atoms with Crippen molar-refractivity contribution in [1.29, 1.82) is 0 Å². The van der Waals surface area contributed by atoms with Crippen LogP contribution in [-0.4, -0.2) is 121 Å². The van der Waals surface area contributed by atoms with Gasteiger partial charge in [-0.1, -0.05) is 117 Å². The van der Waals surface area contributed by atoms with Gasteiger partial charge < -0.3 is 35.5 Å². The molecule has 0 saturated carbocycles. The lowest BCUT2D eigenvalue weighted by molar-refractivity contribution is -0.167. The number of alkyl halides is 1. The predicted octanol–water partition coefficient (Wildman–Crippen LogP) is 3.18. The Morgan fingerprint density at radius 3 is 1.90 bits per heavy atom. The summed E-state index contributed by atoms with van der Waals surface area (Å²) < 4.78 is 16.2. The van der Waals surface area contributed by atoms with E-state index in [0.29, 0.717) is 32.7 Å². The molecule has 60 heavy (non-hydrogen) atoms. The van der Waals surface area contributed by atoms with Crippen molar-refractivity contribution in [3.8, 4) is 12.3 Å². The van der Waals surface area contributed by atoms with Crippen molar-refractivity contribution in [1.82, 2.24) is 26.2 Å². The van der Waals surface area contributed by atoms with E-state index in [1.54, 1.807) is 0 Å². The summed E-state index contributed by atoms with van der Waals surface area (Å²) in [6.45, 7) is 10.9. The second-order valence-electron chi connectivity index (χ2n) is 16.1. The van der Waals surface area contributed by atoms with E-state index in [-0.39, 0.29) is 61.0 Å². The van der Waals surface area contributed by atoms with Crippen molar-refractivity contribution < 1.29 is 43.0 Å². The second kappa shape index (κ2) is 26.1. The van der Waals surface area contributed by atoms with Gasteiger partial charge in [0.15, 0.2) is 11.4 Å². The van der Waals surface area contributed by atoms with Gasteiger partial charge in [0.25, 0.3) is 0 Å². The van der Waals surface area contributed by atoms with Gasteiger partial charge in [-0.2, -0.15) is 0 Å². The molecule has 0 bridgehead atoms. The maximum Gasteiger partial charge on any atom is 0.333 e. The minimum Gasteiger partial charge on any atom is -0.449 e. The van der Waals surface area contributed by atoms with Crippen LogP contribution in [0.25, 0.3) is 0 Å². The van der Waals surface area contributed by atoms with Crippen molar-refractivity contribution in [3.63, 3.8) is 0 Å². The van der Waals surface area contributed by atoms with E-state index in [4.69, 9.17) is 20.6 Å². The van der Waals surface area contributed by atoms with E-state index in [2.05, 4.69) is 27.2 Å². The summed E-state index contributed by atoms with van der Waals surface area (Å²) in [7, 11) is 0. The third-order valence-corrected chi connectivity index (χ3v) is 11.3. The number of esters is 1. The number of aryl methyl sites for hydroxylation is 1. The number of benzene rings is 2. The molecule has 0 aromatic heterocycles. The van der Waals surface area contributed by atoms with Crippen LogP contribution in [0, 0.1) is 24.2 Å². The summed E-state index contributed by atoms with van der Waals surface area (Å²) in [5.74, 6) is -1.18. The minimum atomic E-state index is -1.61. The highest BCUT2D eigenvalue weighted by atomic mass is 127. The Morgan fingerprint density at radius 1 is 0.783 bits per heavy atom. The van der Waals surface area contributed by atoms with Gasteiger partial charge in [0, 0.05) is 23.9 Å². The highest BCUT2D eigenvalue weighted by molar-refractivity contribution is 14.1. The second-order valence-corrected chi connectivity index (χ2v) is 16.8. The Balaban J connectivity index is 1.86. The molecule has 1 fully saturated rings. The van der Waals surface area contributed by atoms with E-state index in [1.165, 1.54) is 6.92 Å². The van der Waals surface area contributed by atoms with Crippen LogP contribution >= 0.6 is 22.6 Å². The molecular formula is C45H62IN5O9. The zero-order valence-electron chi connectivity index (χ0n) is 35.5. The van der Waals surface area contributed by atoms with Crippen molar-refractivity contribution in [2.45, 2.75) is 96.5 Å². The van der Waals surface area contributed by atoms with Crippen molar-refractivity contribution in [2.24, 2.45) is 11.8 Å². The van der Waals surface area contributed by atoms with Gasteiger partial charge >= 0.3 is 5.97 Å². The SMILES string of the molecule is C#CCOCC(=O)O[C@](C)(CI)C(=O)[C@H](CC(C)C)NC(=O)[C@H](Cc1ccccc1)NC(=O)[C@H](CC(C)C)NC(=O)[C@H](CCc1ccccc1)NC(=O)CN1CCOCC1. The molecule has 3 rings (SSSR count). The van der Waals surface area contributed by atoms with Crippen LogP contribution in [0.1, 0.15) is 65.0 Å². The van der Waals surface area contributed by atoms with Gasteiger partial charge in [-0.25, -0.2) is 4.79 Å². The average Bonchev–Trinajstić information content (AvgIpc) is 3.22. The third kappa shape index (κ3) is 17.7. The largest absolute Gasteiger partial charge is 0.449 e. The Morgan fingerprint density at radius 2 is 1.32 bits per heavy atom. The Labute approximate surface area is 368 Å². The zero-order valence-corrected chi connectivity index (χ0v) is 37.7. The van der Waals surface area contributed by atoms with Gasteiger partial charge in [-0.05, 0) is 55.6 Å². The van der Waals surface area contributed by atoms with Crippen LogP contribution in [0.3, 0.4) is 0 Å². The number of ketones is 1. The van der Waals surface area contributed by atoms with Gasteiger partial charge in [0.05, 0.1) is 25.8 Å². The number of ether oxygens (including phenoxy) is 3. The monoisotopic (exact) mass is 943 g/mol. The molecule has 4 amide bonds. The summed E-state index contributed by atoms with van der Waals surface area (Å²) >= 11 is 1.96. The number of rotatable bonds is 25. The molecule has 0 aliphatic carbocycles. The van der Waals surface area contributed by atoms with Gasteiger partial charge in [0.1, 0.15) is 31.3 Å². The molecule has 2 aromatic carbocycles. The number of nitrogens with zero attached hydrogens (tertiary/aromatic N) is 1. The van der Waals surface area contributed by atoms with E-state index in [9.17, 15) is 28.8 Å². The van der Waals surface area contributed by atoms with Crippen LogP contribution in [0.5, 0.6) is 0 Å². The summed E-state index contributed by atoms with van der Waals surface area (Å²) in [6, 6.07) is 14.5. The topological polar surface area (TPSA) is 181 Å². The summed E-state index contributed by atoms with van der Waals surface area (Å²) in [4.78, 5) is 84.7. The van der Waals surface area contributed by atoms with Crippen LogP contribution in [0.2, 0.25) is 0 Å². The number of halogens is 1. The fourth-order valence-corrected chi connectivity index (χ4v) is 7.23. The predicted molar refractivity (Wildman–Crippen MR) is 237 cm³/mol. The van der Waals surface area contributed by atoms with Crippen molar-refractivity contribution in [2.75, 3.05) is 50.5 Å². The average molecular weight is 944 g/mol. The van der Waals surface area contributed by atoms with Crippen LogP contribution in [-0.2, 0) is 55.8 Å². The number of terminal acetylenes is 1. The van der Waals surface area contributed by atoms with Crippen LogP contribution in [0.15, 0.2) is 60.7 Å². The number of nitrogens with one attached hydrogen (secondary N) is 4. The molecule has 1 aliphatic heterocycles. The Hall–Kier alpha value is -4.37. The molecule has 14 nitrogen and oxygen atoms in total. The van der Waals surface area contributed by atoms with Gasteiger partial charge in [-0.3, -0.25) is 28.9 Å². The normalized spacial score (nSPS) is 16.0. The lowest BCUT2D eigenvalue weighted by Gasteiger charge is -2.32. The Kier molecular flexibility index (Phi) is 21.7. The molecule has 0 spiro atoms. The zero-order chi connectivity index (χ0) is 44.1. The fraction of sp³-hybridized carbons (Fsp3) is 0.556. The molecule has 1 saturated heterocycles. The number of carbonyl (C=O) groups excluding carboxylic acids is 6. The lowest BCUT2D eigenvalue weighted by atomic mass is 9.90. The fourth-order valence-electron chi connectivity index (χ4n) is 6.69. The number of hydrogen-bond donors (Lipinski definition) is 4. The maximum absolute atomic E-state index is 14.3. The Bertz CT molecular complexity index is 1730. The first-order valence-corrected chi connectivity index (χ1v) is 22.1. The third-order valence-electron chi connectivity index (χ3n) is 9.80. The maximum atomic E-state index is 14.3. The number of carbonyl (C=O) groups is 6. The first kappa shape index (κ1) is 50.0.